The fourth-order valence-electron chi connectivity index (χ4n) is 6.92. The Morgan fingerprint density at radius 3 is 2.35 bits per heavy atom. The summed E-state index contributed by atoms with van der Waals surface area (Å²) >= 11 is 0. The smallest absolute Gasteiger partial charge is 0.335 e. The number of rotatable bonds is 8. The van der Waals surface area contributed by atoms with Gasteiger partial charge in [-0.2, -0.15) is 5.10 Å². The van der Waals surface area contributed by atoms with E-state index in [9.17, 15) is 23.9 Å². The lowest BCUT2D eigenvalue weighted by molar-refractivity contribution is -0.165. The molecule has 2 saturated heterocycles. The summed E-state index contributed by atoms with van der Waals surface area (Å²) in [5.74, 6) is -4.69. The van der Waals surface area contributed by atoms with Gasteiger partial charge in [-0.15, -0.1) is 0 Å². The van der Waals surface area contributed by atoms with E-state index in [0.29, 0.717) is 71.6 Å². The van der Waals surface area contributed by atoms with Gasteiger partial charge in [-0.25, -0.2) is 23.4 Å². The molecule has 3 aliphatic rings. The molecule has 0 bridgehead atoms. The standard InChI is InChI=1S/C30H32F2N6O3.C4H6O6/c1-2-17-11-25(39)20(31)12-19(17)18-9-21(32)27-23(10-18)35-36-28(27)29-33-22-3-6-38(13-24(22)34-29)26(40)14-37-15-30(16-37)4-7-41-8-5-30;5-1(3(7)8)2(6)4(9)10/h9-12,39H,2-8,13-16H2,1H3,(H,33,34)(H,35,36);1-2,5-6H,(H,7,8)(H,9,10). The Kier molecular flexibility index (Phi) is 10.1. The molecule has 2 atom stereocenters. The van der Waals surface area contributed by atoms with Gasteiger partial charge in [0.15, 0.2) is 29.6 Å². The Morgan fingerprint density at radius 2 is 1.71 bits per heavy atom. The molecule has 4 aromatic rings. The molecule has 17 heteroatoms. The van der Waals surface area contributed by atoms with Crippen molar-refractivity contribution in [1.29, 1.82) is 0 Å². The molecule has 2 fully saturated rings. The molecule has 51 heavy (non-hydrogen) atoms. The fraction of sp³-hybridized carbons (Fsp3) is 0.441. The van der Waals surface area contributed by atoms with Gasteiger partial charge in [0.1, 0.15) is 11.5 Å². The Morgan fingerprint density at radius 1 is 1.02 bits per heavy atom. The number of phenolic OH excluding ortho intramolecular Hbond substituents is 1. The third-order valence-corrected chi connectivity index (χ3v) is 9.72. The third-order valence-electron chi connectivity index (χ3n) is 9.72. The quantitative estimate of drug-likeness (QED) is 0.139. The van der Waals surface area contributed by atoms with Crippen molar-refractivity contribution in [3.05, 3.63) is 52.9 Å². The molecule has 272 valence electrons. The zero-order chi connectivity index (χ0) is 36.6. The van der Waals surface area contributed by atoms with Crippen LogP contribution in [0.15, 0.2) is 24.3 Å². The fourth-order valence-corrected chi connectivity index (χ4v) is 6.92. The number of aryl methyl sites for hydroxylation is 1. The minimum absolute atomic E-state index is 0.106. The number of imidazole rings is 1. The molecule has 2 unspecified atom stereocenters. The van der Waals surface area contributed by atoms with E-state index < -0.39 is 41.5 Å². The van der Waals surface area contributed by atoms with Crippen LogP contribution in [0.2, 0.25) is 0 Å². The molecular weight excluding hydrogens is 674 g/mol. The Hall–Kier alpha value is -4.97. The van der Waals surface area contributed by atoms with Gasteiger partial charge in [-0.05, 0) is 60.2 Å². The van der Waals surface area contributed by atoms with Crippen LogP contribution in [0.25, 0.3) is 33.5 Å². The van der Waals surface area contributed by atoms with Crippen molar-refractivity contribution >= 4 is 28.7 Å². The van der Waals surface area contributed by atoms with Crippen LogP contribution < -0.4 is 0 Å². The first-order valence-corrected chi connectivity index (χ1v) is 16.5. The van der Waals surface area contributed by atoms with Gasteiger partial charge in [0, 0.05) is 44.7 Å². The second kappa shape index (κ2) is 14.3. The first kappa shape index (κ1) is 35.8. The summed E-state index contributed by atoms with van der Waals surface area (Å²) < 4.78 is 35.2. The van der Waals surface area contributed by atoms with Crippen LogP contribution in [0.4, 0.5) is 8.78 Å². The molecule has 3 aliphatic heterocycles. The van der Waals surface area contributed by atoms with Gasteiger partial charge in [0.2, 0.25) is 5.91 Å². The number of aromatic hydroxyl groups is 1. The molecule has 0 saturated carbocycles. The van der Waals surface area contributed by atoms with E-state index in [-0.39, 0.29) is 11.3 Å². The minimum atomic E-state index is -2.27. The lowest BCUT2D eigenvalue weighted by Gasteiger charge is -2.52. The monoisotopic (exact) mass is 712 g/mol. The molecule has 0 aliphatic carbocycles. The van der Waals surface area contributed by atoms with E-state index in [1.807, 2.05) is 11.8 Å². The maximum atomic E-state index is 15.6. The number of carbonyl (C=O) groups excluding carboxylic acids is 1. The highest BCUT2D eigenvalue weighted by Gasteiger charge is 2.44. The normalized spacial score (nSPS) is 18.0. The number of aliphatic carboxylic acids is 2. The lowest BCUT2D eigenvalue weighted by Crippen LogP contribution is -2.60. The summed E-state index contributed by atoms with van der Waals surface area (Å²) in [6.07, 6.45) is -1.24. The van der Waals surface area contributed by atoms with Crippen LogP contribution in [0, 0.1) is 17.0 Å². The summed E-state index contributed by atoms with van der Waals surface area (Å²) in [5, 5.41) is 49.8. The number of fused-ring (bicyclic) bond motifs is 2. The highest BCUT2D eigenvalue weighted by molar-refractivity contribution is 5.95. The number of ether oxygens (including phenoxy) is 1. The first-order chi connectivity index (χ1) is 24.3. The summed E-state index contributed by atoms with van der Waals surface area (Å²) in [6, 6.07) is 5.68. The summed E-state index contributed by atoms with van der Waals surface area (Å²) in [6.45, 7) is 6.86. The van der Waals surface area contributed by atoms with Crippen LogP contribution in [-0.4, -0.2) is 125 Å². The summed E-state index contributed by atoms with van der Waals surface area (Å²) in [5.41, 5.74) is 4.53. The van der Waals surface area contributed by atoms with Gasteiger partial charge in [-0.1, -0.05) is 6.92 Å². The van der Waals surface area contributed by atoms with Crippen molar-refractivity contribution in [2.45, 2.75) is 51.4 Å². The highest BCUT2D eigenvalue weighted by atomic mass is 19.1. The number of carboxylic acids is 2. The van der Waals surface area contributed by atoms with E-state index in [0.717, 1.165) is 50.5 Å². The minimum Gasteiger partial charge on any atom is -0.505 e. The van der Waals surface area contributed by atoms with Crippen LogP contribution >= 0.6 is 0 Å². The number of carboxylic acid groups (broad SMARTS) is 2. The van der Waals surface area contributed by atoms with Crippen LogP contribution in [0.5, 0.6) is 5.75 Å². The number of hydrogen-bond donors (Lipinski definition) is 7. The molecular formula is C34H38F2N6O9. The number of aliphatic hydroxyl groups is 2. The van der Waals surface area contributed by atoms with Crippen molar-refractivity contribution in [1.82, 2.24) is 30.0 Å². The zero-order valence-electron chi connectivity index (χ0n) is 27.7. The topological polar surface area (TPSA) is 225 Å². The van der Waals surface area contributed by atoms with Crippen LogP contribution in [0.3, 0.4) is 0 Å². The van der Waals surface area contributed by atoms with Crippen LogP contribution in [0.1, 0.15) is 36.7 Å². The number of aliphatic hydroxyl groups excluding tert-OH is 2. The van der Waals surface area contributed by atoms with Gasteiger partial charge >= 0.3 is 11.9 Å². The average Bonchev–Trinajstić information content (AvgIpc) is 3.72. The first-order valence-electron chi connectivity index (χ1n) is 16.5. The van der Waals surface area contributed by atoms with Crippen molar-refractivity contribution in [2.24, 2.45) is 5.41 Å². The number of carbonyl (C=O) groups is 3. The molecule has 5 heterocycles. The van der Waals surface area contributed by atoms with E-state index in [4.69, 9.17) is 30.1 Å². The number of H-pyrrole nitrogens is 2. The summed E-state index contributed by atoms with van der Waals surface area (Å²) in [7, 11) is 0. The van der Waals surface area contributed by atoms with Crippen molar-refractivity contribution in [2.75, 3.05) is 39.4 Å². The van der Waals surface area contributed by atoms with Crippen LogP contribution in [-0.2, 0) is 38.5 Å². The van der Waals surface area contributed by atoms with E-state index in [2.05, 4.69) is 20.1 Å². The maximum absolute atomic E-state index is 15.6. The molecule has 1 amide bonds. The van der Waals surface area contributed by atoms with Crippen molar-refractivity contribution in [3.63, 3.8) is 0 Å². The second-order valence-electron chi connectivity index (χ2n) is 13.2. The number of nitrogens with one attached hydrogen (secondary N) is 2. The van der Waals surface area contributed by atoms with Gasteiger partial charge in [0.05, 0.1) is 35.4 Å². The number of amides is 1. The Balaban J connectivity index is 0.000000394. The second-order valence-corrected chi connectivity index (χ2v) is 13.2. The summed E-state index contributed by atoms with van der Waals surface area (Å²) in [4.78, 5) is 44.7. The van der Waals surface area contributed by atoms with E-state index in [1.54, 1.807) is 6.07 Å². The molecule has 7 rings (SSSR count). The molecule has 7 N–H and O–H groups in total. The molecule has 15 nitrogen and oxygen atoms in total. The van der Waals surface area contributed by atoms with Crippen molar-refractivity contribution in [3.8, 4) is 28.4 Å². The largest absolute Gasteiger partial charge is 0.505 e. The van der Waals surface area contributed by atoms with Crippen molar-refractivity contribution < 1.29 is 53.4 Å². The van der Waals surface area contributed by atoms with Gasteiger partial charge < -0.3 is 40.2 Å². The Labute approximate surface area is 289 Å². The number of nitrogens with zero attached hydrogens (tertiary/aromatic N) is 4. The van der Waals surface area contributed by atoms with Gasteiger partial charge in [0.25, 0.3) is 0 Å². The number of benzene rings is 2. The van der Waals surface area contributed by atoms with E-state index >= 15 is 4.39 Å². The maximum Gasteiger partial charge on any atom is 0.335 e. The van der Waals surface area contributed by atoms with Gasteiger partial charge in [-0.3, -0.25) is 14.8 Å². The number of halogens is 2. The molecule has 2 aromatic carbocycles. The molecule has 1 spiro atoms. The highest BCUT2D eigenvalue weighted by Crippen LogP contribution is 2.40. The number of aromatic amines is 2. The average molecular weight is 713 g/mol. The number of likely N-dealkylation sites (tertiary alicyclic amines) is 1. The zero-order valence-corrected chi connectivity index (χ0v) is 27.7. The Bertz CT molecular complexity index is 1950. The number of hydrogen-bond acceptors (Lipinski definition) is 10. The lowest BCUT2D eigenvalue weighted by atomic mass is 9.73. The third kappa shape index (κ3) is 7.28. The predicted octanol–water partition coefficient (Wildman–Crippen LogP) is 2.04. The number of aromatic nitrogens is 4. The SMILES string of the molecule is CCc1cc(O)c(F)cc1-c1cc(F)c2c(-c3nc4c([nH]3)CN(C(=O)CN3CC5(CCOCC5)C3)CC4)n[nH]c2c1.O=C(O)C(O)C(O)C(=O)O. The predicted molar refractivity (Wildman–Crippen MR) is 175 cm³/mol. The molecule has 2 aromatic heterocycles. The number of phenols is 1. The molecule has 0 radical (unpaired) electrons. The van der Waals surface area contributed by atoms with E-state index in [1.165, 1.54) is 18.2 Å².